The first-order valence-corrected chi connectivity index (χ1v) is 9.30. The van der Waals surface area contributed by atoms with Gasteiger partial charge in [0.2, 0.25) is 5.91 Å². The average Bonchev–Trinajstić information content (AvgIpc) is 2.69. The number of hydrogen-bond acceptors (Lipinski definition) is 4. The lowest BCUT2D eigenvalue weighted by Crippen LogP contribution is -2.46. The second kappa shape index (κ2) is 8.72. The van der Waals surface area contributed by atoms with Crippen molar-refractivity contribution >= 4 is 17.3 Å². The van der Waals surface area contributed by atoms with Crippen molar-refractivity contribution in [3.63, 3.8) is 0 Å². The third kappa shape index (κ3) is 4.55. The Morgan fingerprint density at radius 2 is 1.81 bits per heavy atom. The van der Waals surface area contributed by atoms with Crippen LogP contribution in [-0.2, 0) is 6.42 Å². The van der Waals surface area contributed by atoms with Crippen LogP contribution in [0.1, 0.15) is 22.3 Å². The van der Waals surface area contributed by atoms with Crippen LogP contribution in [0.2, 0.25) is 0 Å². The Morgan fingerprint density at radius 1 is 1.08 bits per heavy atom. The van der Waals surface area contributed by atoms with Gasteiger partial charge in [-0.25, -0.2) is 0 Å². The second-order valence-corrected chi connectivity index (χ2v) is 6.75. The van der Waals surface area contributed by atoms with Gasteiger partial charge in [0.25, 0.3) is 0 Å². The first-order valence-electron chi connectivity index (χ1n) is 9.30. The van der Waals surface area contributed by atoms with Crippen LogP contribution in [0.4, 0.5) is 11.4 Å². The van der Waals surface area contributed by atoms with Crippen LogP contribution in [-0.4, -0.2) is 50.6 Å². The Hall–Kier alpha value is -2.53. The Morgan fingerprint density at radius 3 is 2.46 bits per heavy atom. The summed E-state index contributed by atoms with van der Waals surface area (Å²) < 4.78 is 0. The molecular weight excluding hydrogens is 324 g/mol. The summed E-state index contributed by atoms with van der Waals surface area (Å²) in [5.41, 5.74) is 9.51. The number of nitrogens with two attached hydrogens (primary N) is 1. The predicted octanol–water partition coefficient (Wildman–Crippen LogP) is 2.58. The molecular formula is C21H28N4O. The van der Waals surface area contributed by atoms with Crippen LogP contribution in [0.5, 0.6) is 0 Å². The van der Waals surface area contributed by atoms with E-state index in [1.807, 2.05) is 25.2 Å². The third-order valence-electron chi connectivity index (χ3n) is 5.07. The number of carbonyl (C=O) groups excluding carboxylic acids is 1. The van der Waals surface area contributed by atoms with Gasteiger partial charge in [-0.2, -0.15) is 0 Å². The number of piperazine rings is 1. The number of amides is 1. The molecule has 1 aliphatic rings. The maximum atomic E-state index is 11.6. The molecule has 26 heavy (non-hydrogen) atoms. The van der Waals surface area contributed by atoms with E-state index in [4.69, 9.17) is 5.73 Å². The first-order chi connectivity index (χ1) is 12.7. The topological polar surface area (TPSA) is 61.6 Å². The third-order valence-corrected chi connectivity index (χ3v) is 5.07. The van der Waals surface area contributed by atoms with Crippen LogP contribution in [0.25, 0.3) is 0 Å². The van der Waals surface area contributed by atoms with Crippen molar-refractivity contribution in [2.24, 2.45) is 5.73 Å². The zero-order valence-electron chi connectivity index (χ0n) is 15.4. The van der Waals surface area contributed by atoms with Gasteiger partial charge >= 0.3 is 0 Å². The van der Waals surface area contributed by atoms with Crippen molar-refractivity contribution < 1.29 is 4.79 Å². The summed E-state index contributed by atoms with van der Waals surface area (Å²) in [7, 11) is 1.88. The van der Waals surface area contributed by atoms with Crippen molar-refractivity contribution in [3.8, 4) is 0 Å². The average molecular weight is 352 g/mol. The molecule has 1 aliphatic heterocycles. The molecule has 5 nitrogen and oxygen atoms in total. The van der Waals surface area contributed by atoms with E-state index in [1.54, 1.807) is 0 Å². The molecule has 3 rings (SSSR count). The molecule has 1 amide bonds. The minimum Gasteiger partial charge on any atom is -0.388 e. The van der Waals surface area contributed by atoms with Crippen LogP contribution in [0.15, 0.2) is 48.5 Å². The summed E-state index contributed by atoms with van der Waals surface area (Å²) >= 11 is 0. The van der Waals surface area contributed by atoms with E-state index >= 15 is 0 Å². The lowest BCUT2D eigenvalue weighted by atomic mass is 10.0. The lowest BCUT2D eigenvalue weighted by molar-refractivity contribution is 0.0999. The maximum absolute atomic E-state index is 11.6. The van der Waals surface area contributed by atoms with Gasteiger partial charge in [-0.1, -0.05) is 18.2 Å². The SMILES string of the molecule is CNc1ccc(C(N)=O)c(CCCN2CCN(c3ccccc3)CC2)c1. The van der Waals surface area contributed by atoms with Crippen LogP contribution >= 0.6 is 0 Å². The Balaban J connectivity index is 1.50. The first kappa shape index (κ1) is 18.3. The molecule has 0 saturated carbocycles. The molecule has 0 bridgehead atoms. The summed E-state index contributed by atoms with van der Waals surface area (Å²) in [4.78, 5) is 16.6. The fraction of sp³-hybridized carbons (Fsp3) is 0.381. The summed E-state index contributed by atoms with van der Waals surface area (Å²) in [6.07, 6.45) is 1.89. The number of primary amides is 1. The van der Waals surface area contributed by atoms with E-state index in [1.165, 1.54) is 5.69 Å². The molecule has 0 aliphatic carbocycles. The number of nitrogens with zero attached hydrogens (tertiary/aromatic N) is 2. The quantitative estimate of drug-likeness (QED) is 0.804. The van der Waals surface area contributed by atoms with Crippen molar-refractivity contribution in [1.82, 2.24) is 4.90 Å². The van der Waals surface area contributed by atoms with Crippen molar-refractivity contribution in [2.45, 2.75) is 12.8 Å². The summed E-state index contributed by atoms with van der Waals surface area (Å²) in [5.74, 6) is -0.348. The van der Waals surface area contributed by atoms with E-state index in [9.17, 15) is 4.79 Å². The normalized spacial score (nSPS) is 15.0. The Kier molecular flexibility index (Phi) is 6.12. The molecule has 1 saturated heterocycles. The van der Waals surface area contributed by atoms with E-state index < -0.39 is 0 Å². The highest BCUT2D eigenvalue weighted by Crippen LogP contribution is 2.19. The van der Waals surface area contributed by atoms with Gasteiger partial charge in [0.1, 0.15) is 0 Å². The number of benzene rings is 2. The van der Waals surface area contributed by atoms with Crippen LogP contribution in [0, 0.1) is 0 Å². The molecule has 1 heterocycles. The fourth-order valence-electron chi connectivity index (χ4n) is 3.56. The number of aryl methyl sites for hydroxylation is 1. The van der Waals surface area contributed by atoms with E-state index in [2.05, 4.69) is 45.4 Å². The van der Waals surface area contributed by atoms with Gasteiger partial charge in [0.15, 0.2) is 0 Å². The minimum atomic E-state index is -0.348. The molecule has 2 aromatic rings. The summed E-state index contributed by atoms with van der Waals surface area (Å²) in [5, 5.41) is 3.13. The zero-order chi connectivity index (χ0) is 18.4. The molecule has 138 valence electrons. The Labute approximate surface area is 155 Å². The van der Waals surface area contributed by atoms with Gasteiger partial charge in [-0.05, 0) is 55.3 Å². The molecule has 3 N–H and O–H groups in total. The molecule has 0 aromatic heterocycles. The number of para-hydroxylation sites is 1. The molecule has 0 unspecified atom stereocenters. The van der Waals surface area contributed by atoms with Gasteiger partial charge in [-0.15, -0.1) is 0 Å². The minimum absolute atomic E-state index is 0.348. The molecule has 5 heteroatoms. The van der Waals surface area contributed by atoms with Gasteiger partial charge in [-0.3, -0.25) is 9.69 Å². The van der Waals surface area contributed by atoms with Gasteiger partial charge < -0.3 is 16.0 Å². The monoisotopic (exact) mass is 352 g/mol. The smallest absolute Gasteiger partial charge is 0.248 e. The van der Waals surface area contributed by atoms with E-state index in [0.717, 1.165) is 56.8 Å². The standard InChI is InChI=1S/C21H28N4O/c1-23-18-9-10-20(21(22)26)17(16-18)6-5-11-24-12-14-25(15-13-24)19-7-3-2-4-8-19/h2-4,7-10,16,23H,5-6,11-15H2,1H3,(H2,22,26). The summed E-state index contributed by atoms with van der Waals surface area (Å²) in [6, 6.07) is 16.4. The molecule has 2 aromatic carbocycles. The predicted molar refractivity (Wildman–Crippen MR) is 108 cm³/mol. The number of nitrogens with one attached hydrogen (secondary N) is 1. The molecule has 0 atom stereocenters. The van der Waals surface area contributed by atoms with Crippen LogP contribution in [0.3, 0.4) is 0 Å². The second-order valence-electron chi connectivity index (χ2n) is 6.75. The van der Waals surface area contributed by atoms with Gasteiger partial charge in [0.05, 0.1) is 0 Å². The van der Waals surface area contributed by atoms with E-state index in [0.29, 0.717) is 5.56 Å². The highest BCUT2D eigenvalue weighted by atomic mass is 16.1. The van der Waals surface area contributed by atoms with Crippen molar-refractivity contribution in [1.29, 1.82) is 0 Å². The zero-order valence-corrected chi connectivity index (χ0v) is 15.4. The fourth-order valence-corrected chi connectivity index (χ4v) is 3.56. The highest BCUT2D eigenvalue weighted by Gasteiger charge is 2.17. The maximum Gasteiger partial charge on any atom is 0.248 e. The number of hydrogen-bond donors (Lipinski definition) is 2. The Bertz CT molecular complexity index is 724. The largest absolute Gasteiger partial charge is 0.388 e. The summed E-state index contributed by atoms with van der Waals surface area (Å²) in [6.45, 7) is 5.32. The lowest BCUT2D eigenvalue weighted by Gasteiger charge is -2.36. The van der Waals surface area contributed by atoms with Gasteiger partial charge in [0, 0.05) is 50.2 Å². The molecule has 0 radical (unpaired) electrons. The highest BCUT2D eigenvalue weighted by molar-refractivity contribution is 5.94. The van der Waals surface area contributed by atoms with Crippen molar-refractivity contribution in [2.75, 3.05) is 50.0 Å². The van der Waals surface area contributed by atoms with E-state index in [-0.39, 0.29) is 5.91 Å². The number of rotatable bonds is 7. The number of carbonyl (C=O) groups is 1. The molecule has 1 fully saturated rings. The molecule has 0 spiro atoms. The van der Waals surface area contributed by atoms with Crippen LogP contribution < -0.4 is 16.0 Å². The number of anilines is 2. The van der Waals surface area contributed by atoms with Crippen molar-refractivity contribution in [3.05, 3.63) is 59.7 Å².